The third kappa shape index (κ3) is 4.25. The number of anilines is 2. The maximum atomic E-state index is 12.3. The molecule has 5 heteroatoms. The zero-order chi connectivity index (χ0) is 17.8. The normalized spacial score (nSPS) is 15.7. The van der Waals surface area contributed by atoms with Crippen molar-refractivity contribution in [1.82, 2.24) is 4.90 Å². The van der Waals surface area contributed by atoms with Gasteiger partial charge in [0.2, 0.25) is 11.8 Å². The molecule has 1 aliphatic rings. The van der Waals surface area contributed by atoms with Crippen molar-refractivity contribution in [3.63, 3.8) is 0 Å². The lowest BCUT2D eigenvalue weighted by molar-refractivity contribution is -0.117. The Morgan fingerprint density at radius 1 is 1.04 bits per heavy atom. The quantitative estimate of drug-likeness (QED) is 0.881. The topological polar surface area (TPSA) is 61.4 Å². The fourth-order valence-electron chi connectivity index (χ4n) is 3.37. The maximum Gasteiger partial charge on any atom is 0.238 e. The summed E-state index contributed by atoms with van der Waals surface area (Å²) in [5.41, 5.74) is 4.15. The zero-order valence-corrected chi connectivity index (χ0v) is 14.6. The largest absolute Gasteiger partial charge is 0.326 e. The van der Waals surface area contributed by atoms with Crippen LogP contribution in [0.1, 0.15) is 30.5 Å². The Balaban J connectivity index is 1.56. The number of nitrogens with one attached hydrogen (secondary N) is 2. The second-order valence-electron chi connectivity index (χ2n) is 6.48. The predicted molar refractivity (Wildman–Crippen MR) is 99.5 cm³/mol. The van der Waals surface area contributed by atoms with Gasteiger partial charge in [-0.05, 0) is 55.3 Å². The highest BCUT2D eigenvalue weighted by Crippen LogP contribution is 2.34. The van der Waals surface area contributed by atoms with Crippen molar-refractivity contribution in [1.29, 1.82) is 0 Å². The molecule has 1 unspecified atom stereocenters. The van der Waals surface area contributed by atoms with E-state index in [1.165, 1.54) is 18.1 Å². The average Bonchev–Trinajstić information content (AvgIpc) is 3.00. The summed E-state index contributed by atoms with van der Waals surface area (Å²) in [6, 6.07) is 15.9. The first-order valence-electron chi connectivity index (χ1n) is 8.48. The lowest BCUT2D eigenvalue weighted by Crippen LogP contribution is -2.32. The number of benzene rings is 2. The van der Waals surface area contributed by atoms with Gasteiger partial charge in [0.05, 0.1) is 6.54 Å². The number of rotatable bonds is 5. The molecule has 2 amide bonds. The van der Waals surface area contributed by atoms with E-state index in [1.807, 2.05) is 7.05 Å². The minimum absolute atomic E-state index is 0.0424. The molecule has 25 heavy (non-hydrogen) atoms. The first-order chi connectivity index (χ1) is 12.0. The minimum Gasteiger partial charge on any atom is -0.326 e. The number of likely N-dealkylation sites (N-methyl/N-ethyl adjacent to an activating group) is 1. The molecule has 0 aromatic heterocycles. The van der Waals surface area contributed by atoms with Crippen molar-refractivity contribution in [2.75, 3.05) is 24.2 Å². The SMILES string of the molecule is CC(=O)Nc1ccc(NC(=O)CN(C)C2CCc3ccccc32)cc1. The van der Waals surface area contributed by atoms with E-state index in [2.05, 4.69) is 39.8 Å². The van der Waals surface area contributed by atoms with E-state index in [4.69, 9.17) is 0 Å². The predicted octanol–water partition coefficient (Wildman–Crippen LogP) is 3.20. The Labute approximate surface area is 148 Å². The highest BCUT2D eigenvalue weighted by atomic mass is 16.2. The van der Waals surface area contributed by atoms with E-state index in [0.717, 1.165) is 18.5 Å². The van der Waals surface area contributed by atoms with Gasteiger partial charge in [-0.25, -0.2) is 0 Å². The van der Waals surface area contributed by atoms with Crippen LogP contribution < -0.4 is 10.6 Å². The van der Waals surface area contributed by atoms with Gasteiger partial charge in [-0.3, -0.25) is 14.5 Å². The van der Waals surface area contributed by atoms with Gasteiger partial charge >= 0.3 is 0 Å². The number of fused-ring (bicyclic) bond motifs is 1. The minimum atomic E-state index is -0.116. The lowest BCUT2D eigenvalue weighted by Gasteiger charge is -2.24. The van der Waals surface area contributed by atoms with Gasteiger partial charge in [0, 0.05) is 24.3 Å². The van der Waals surface area contributed by atoms with E-state index in [0.29, 0.717) is 18.3 Å². The zero-order valence-electron chi connectivity index (χ0n) is 14.6. The molecule has 0 saturated carbocycles. The van der Waals surface area contributed by atoms with E-state index in [9.17, 15) is 9.59 Å². The molecule has 2 N–H and O–H groups in total. The fraction of sp³-hybridized carbons (Fsp3) is 0.300. The van der Waals surface area contributed by atoms with Crippen LogP contribution in [-0.2, 0) is 16.0 Å². The van der Waals surface area contributed by atoms with Crippen molar-refractivity contribution in [2.45, 2.75) is 25.8 Å². The van der Waals surface area contributed by atoms with Crippen LogP contribution in [0, 0.1) is 0 Å². The van der Waals surface area contributed by atoms with Gasteiger partial charge in [0.25, 0.3) is 0 Å². The molecule has 1 aliphatic carbocycles. The third-order valence-electron chi connectivity index (χ3n) is 4.52. The summed E-state index contributed by atoms with van der Waals surface area (Å²) in [7, 11) is 1.99. The Bertz CT molecular complexity index is 771. The fourth-order valence-corrected chi connectivity index (χ4v) is 3.37. The van der Waals surface area contributed by atoms with Crippen LogP contribution in [0.15, 0.2) is 48.5 Å². The van der Waals surface area contributed by atoms with Gasteiger partial charge in [-0.2, -0.15) is 0 Å². The molecule has 0 heterocycles. The van der Waals surface area contributed by atoms with Crippen molar-refractivity contribution in [3.8, 4) is 0 Å². The molecule has 0 fully saturated rings. The summed E-state index contributed by atoms with van der Waals surface area (Å²) < 4.78 is 0. The molecule has 0 spiro atoms. The van der Waals surface area contributed by atoms with Crippen LogP contribution in [0.5, 0.6) is 0 Å². The van der Waals surface area contributed by atoms with Crippen LogP contribution in [0.2, 0.25) is 0 Å². The van der Waals surface area contributed by atoms with Crippen LogP contribution >= 0.6 is 0 Å². The monoisotopic (exact) mass is 337 g/mol. The molecule has 130 valence electrons. The van der Waals surface area contributed by atoms with Crippen LogP contribution in [0.25, 0.3) is 0 Å². The smallest absolute Gasteiger partial charge is 0.238 e. The molecule has 5 nitrogen and oxygen atoms in total. The van der Waals surface area contributed by atoms with E-state index in [-0.39, 0.29) is 11.8 Å². The van der Waals surface area contributed by atoms with Crippen molar-refractivity contribution in [3.05, 3.63) is 59.7 Å². The molecule has 0 radical (unpaired) electrons. The lowest BCUT2D eigenvalue weighted by atomic mass is 10.1. The van der Waals surface area contributed by atoms with Crippen molar-refractivity contribution < 1.29 is 9.59 Å². The molecule has 3 rings (SSSR count). The number of amides is 2. The molecular formula is C20H23N3O2. The Morgan fingerprint density at radius 3 is 2.36 bits per heavy atom. The highest BCUT2D eigenvalue weighted by Gasteiger charge is 2.26. The Hall–Kier alpha value is -2.66. The van der Waals surface area contributed by atoms with Gasteiger partial charge < -0.3 is 10.6 Å². The van der Waals surface area contributed by atoms with Gasteiger partial charge in [0.15, 0.2) is 0 Å². The van der Waals surface area contributed by atoms with Gasteiger partial charge in [0.1, 0.15) is 0 Å². The Morgan fingerprint density at radius 2 is 1.68 bits per heavy atom. The third-order valence-corrected chi connectivity index (χ3v) is 4.52. The molecule has 0 saturated heterocycles. The first kappa shape index (κ1) is 17.2. The summed E-state index contributed by atoms with van der Waals surface area (Å²) >= 11 is 0. The molecule has 2 aromatic carbocycles. The van der Waals surface area contributed by atoms with Gasteiger partial charge in [-0.15, -0.1) is 0 Å². The molecule has 1 atom stereocenters. The number of nitrogens with zero attached hydrogens (tertiary/aromatic N) is 1. The number of hydrogen-bond donors (Lipinski definition) is 2. The molecule has 2 aromatic rings. The van der Waals surface area contributed by atoms with Crippen molar-refractivity contribution >= 4 is 23.2 Å². The summed E-state index contributed by atoms with van der Waals surface area (Å²) in [6.45, 7) is 1.80. The summed E-state index contributed by atoms with van der Waals surface area (Å²) in [5.74, 6) is -0.158. The van der Waals surface area contributed by atoms with E-state index >= 15 is 0 Å². The molecular weight excluding hydrogens is 314 g/mol. The summed E-state index contributed by atoms with van der Waals surface area (Å²) in [5, 5.41) is 5.61. The average molecular weight is 337 g/mol. The Kier molecular flexibility index (Phi) is 5.14. The molecule has 0 bridgehead atoms. The standard InChI is InChI=1S/C20H23N3O2/c1-14(24)21-16-8-10-17(11-9-16)22-20(25)13-23(2)19-12-7-15-5-3-4-6-18(15)19/h3-6,8-11,19H,7,12-13H2,1-2H3,(H,21,24)(H,22,25). The second kappa shape index (κ2) is 7.49. The first-order valence-corrected chi connectivity index (χ1v) is 8.48. The van der Waals surface area contributed by atoms with E-state index in [1.54, 1.807) is 24.3 Å². The van der Waals surface area contributed by atoms with Gasteiger partial charge in [-0.1, -0.05) is 24.3 Å². The van der Waals surface area contributed by atoms with Crippen LogP contribution in [0.3, 0.4) is 0 Å². The number of hydrogen-bond acceptors (Lipinski definition) is 3. The van der Waals surface area contributed by atoms with Crippen LogP contribution in [0.4, 0.5) is 11.4 Å². The van der Waals surface area contributed by atoms with Crippen LogP contribution in [-0.4, -0.2) is 30.3 Å². The summed E-state index contributed by atoms with van der Waals surface area (Å²) in [6.07, 6.45) is 2.12. The maximum absolute atomic E-state index is 12.3. The number of aryl methyl sites for hydroxylation is 1. The second-order valence-corrected chi connectivity index (χ2v) is 6.48. The molecule has 0 aliphatic heterocycles. The number of carbonyl (C=O) groups is 2. The number of carbonyl (C=O) groups excluding carboxylic acids is 2. The van der Waals surface area contributed by atoms with E-state index < -0.39 is 0 Å². The van der Waals surface area contributed by atoms with Crippen molar-refractivity contribution in [2.24, 2.45) is 0 Å². The highest BCUT2D eigenvalue weighted by molar-refractivity contribution is 5.93. The summed E-state index contributed by atoms with van der Waals surface area (Å²) in [4.78, 5) is 25.5.